The third-order valence-electron chi connectivity index (χ3n) is 2.62. The lowest BCUT2D eigenvalue weighted by molar-refractivity contribution is 0.112. The van der Waals surface area contributed by atoms with Crippen LogP contribution < -0.4 is 4.90 Å². The highest BCUT2D eigenvalue weighted by atomic mass is 16.3. The van der Waals surface area contributed by atoms with Gasteiger partial charge in [-0.05, 0) is 20.3 Å². The fraction of sp³-hybridized carbons (Fsp3) is 0.636. The second-order valence-corrected chi connectivity index (χ2v) is 3.72. The molecule has 90 valence electrons. The predicted molar refractivity (Wildman–Crippen MR) is 62.9 cm³/mol. The molecule has 0 radical (unpaired) electrons. The van der Waals surface area contributed by atoms with Crippen molar-refractivity contribution in [2.75, 3.05) is 24.6 Å². The van der Waals surface area contributed by atoms with Crippen molar-refractivity contribution in [2.45, 2.75) is 20.3 Å². The van der Waals surface area contributed by atoms with E-state index in [1.54, 1.807) is 4.68 Å². The van der Waals surface area contributed by atoms with E-state index in [1.165, 1.54) is 0 Å². The van der Waals surface area contributed by atoms with Gasteiger partial charge in [-0.1, -0.05) is 0 Å². The van der Waals surface area contributed by atoms with Crippen LogP contribution in [0.5, 0.6) is 0 Å². The summed E-state index contributed by atoms with van der Waals surface area (Å²) in [4.78, 5) is 13.1. The summed E-state index contributed by atoms with van der Waals surface area (Å²) in [5.74, 6) is 0.837. The maximum absolute atomic E-state index is 11.0. The molecule has 0 saturated carbocycles. The van der Waals surface area contributed by atoms with Gasteiger partial charge in [0.1, 0.15) is 5.82 Å². The summed E-state index contributed by atoms with van der Waals surface area (Å²) in [5, 5.41) is 13.1. The van der Waals surface area contributed by atoms with Crippen LogP contribution in [0, 0.1) is 6.92 Å². The molecule has 0 spiro atoms. The zero-order chi connectivity index (χ0) is 12.1. The van der Waals surface area contributed by atoms with Crippen molar-refractivity contribution in [3.63, 3.8) is 0 Å². The summed E-state index contributed by atoms with van der Waals surface area (Å²) in [5.41, 5.74) is 1.39. The molecular formula is C11H19N3O2. The number of hydrogen-bond acceptors (Lipinski definition) is 4. The van der Waals surface area contributed by atoms with Crippen LogP contribution >= 0.6 is 0 Å². The lowest BCUT2D eigenvalue weighted by atomic mass is 10.2. The molecule has 0 amide bonds. The van der Waals surface area contributed by atoms with E-state index in [9.17, 15) is 4.79 Å². The van der Waals surface area contributed by atoms with E-state index >= 15 is 0 Å². The number of aliphatic hydroxyl groups excluding tert-OH is 1. The van der Waals surface area contributed by atoms with Crippen LogP contribution in [-0.4, -0.2) is 40.9 Å². The lowest BCUT2D eigenvalue weighted by Crippen LogP contribution is -2.27. The molecule has 0 aliphatic rings. The highest BCUT2D eigenvalue weighted by molar-refractivity contribution is 5.84. The molecule has 5 nitrogen and oxygen atoms in total. The zero-order valence-electron chi connectivity index (χ0n) is 10.1. The highest BCUT2D eigenvalue weighted by Crippen LogP contribution is 2.21. The number of aryl methyl sites for hydroxylation is 2. The summed E-state index contributed by atoms with van der Waals surface area (Å²) < 4.78 is 1.72. The zero-order valence-corrected chi connectivity index (χ0v) is 10.1. The Kier molecular flexibility index (Phi) is 4.49. The van der Waals surface area contributed by atoms with Crippen LogP contribution in [0.2, 0.25) is 0 Å². The summed E-state index contributed by atoms with van der Waals surface area (Å²) in [6.45, 7) is 5.53. The Hall–Kier alpha value is -1.36. The van der Waals surface area contributed by atoms with E-state index in [0.29, 0.717) is 12.0 Å². The Morgan fingerprint density at radius 2 is 2.25 bits per heavy atom. The average Bonchev–Trinajstić information content (AvgIpc) is 2.55. The Bertz CT molecular complexity index is 360. The number of anilines is 1. The quantitative estimate of drug-likeness (QED) is 0.726. The van der Waals surface area contributed by atoms with Crippen LogP contribution in [0.4, 0.5) is 5.82 Å². The first-order valence-electron chi connectivity index (χ1n) is 5.50. The van der Waals surface area contributed by atoms with Gasteiger partial charge in [-0.2, -0.15) is 5.10 Å². The van der Waals surface area contributed by atoms with E-state index in [1.807, 2.05) is 20.9 Å². The monoisotopic (exact) mass is 225 g/mol. The van der Waals surface area contributed by atoms with E-state index in [4.69, 9.17) is 5.11 Å². The first-order valence-corrected chi connectivity index (χ1v) is 5.50. The number of rotatable bonds is 6. The van der Waals surface area contributed by atoms with E-state index in [-0.39, 0.29) is 6.61 Å². The predicted octanol–water partition coefficient (Wildman–Crippen LogP) is 0.750. The molecule has 0 fully saturated rings. The largest absolute Gasteiger partial charge is 0.396 e. The SMILES string of the molecule is CCN(CCCO)c1c(C=O)c(C)nn1C. The molecule has 1 aromatic rings. The van der Waals surface area contributed by atoms with Crippen molar-refractivity contribution in [3.05, 3.63) is 11.3 Å². The molecule has 0 bridgehead atoms. The first kappa shape index (κ1) is 12.7. The molecule has 0 unspecified atom stereocenters. The van der Waals surface area contributed by atoms with Crippen LogP contribution in [-0.2, 0) is 7.05 Å². The number of hydrogen-bond donors (Lipinski definition) is 1. The van der Waals surface area contributed by atoms with Crippen LogP contribution in [0.15, 0.2) is 0 Å². The van der Waals surface area contributed by atoms with Crippen molar-refractivity contribution >= 4 is 12.1 Å². The normalized spacial score (nSPS) is 10.5. The van der Waals surface area contributed by atoms with Gasteiger partial charge in [-0.3, -0.25) is 9.48 Å². The molecule has 1 aromatic heterocycles. The maximum atomic E-state index is 11.0. The lowest BCUT2D eigenvalue weighted by Gasteiger charge is -2.23. The molecule has 16 heavy (non-hydrogen) atoms. The van der Waals surface area contributed by atoms with Gasteiger partial charge in [0.15, 0.2) is 6.29 Å². The van der Waals surface area contributed by atoms with Gasteiger partial charge in [-0.15, -0.1) is 0 Å². The Morgan fingerprint density at radius 3 is 2.75 bits per heavy atom. The first-order chi connectivity index (χ1) is 7.65. The summed E-state index contributed by atoms with van der Waals surface area (Å²) in [6.07, 6.45) is 1.54. The van der Waals surface area contributed by atoms with Crippen LogP contribution in [0.1, 0.15) is 29.4 Å². The number of carbonyl (C=O) groups excluding carboxylic acids is 1. The molecule has 0 aliphatic heterocycles. The highest BCUT2D eigenvalue weighted by Gasteiger charge is 2.17. The van der Waals surface area contributed by atoms with Crippen molar-refractivity contribution in [1.29, 1.82) is 0 Å². The number of aldehydes is 1. The fourth-order valence-electron chi connectivity index (χ4n) is 1.85. The molecule has 0 aliphatic carbocycles. The van der Waals surface area contributed by atoms with Gasteiger partial charge in [-0.25, -0.2) is 0 Å². The number of aliphatic hydroxyl groups is 1. The Labute approximate surface area is 95.7 Å². The maximum Gasteiger partial charge on any atom is 0.155 e. The number of carbonyl (C=O) groups is 1. The van der Waals surface area contributed by atoms with Gasteiger partial charge in [0, 0.05) is 26.7 Å². The molecule has 1 rings (SSSR count). The molecule has 0 atom stereocenters. The summed E-state index contributed by atoms with van der Waals surface area (Å²) >= 11 is 0. The Balaban J connectivity index is 3.03. The summed E-state index contributed by atoms with van der Waals surface area (Å²) in [6, 6.07) is 0. The van der Waals surface area contributed by atoms with Crippen molar-refractivity contribution in [3.8, 4) is 0 Å². The van der Waals surface area contributed by atoms with Gasteiger partial charge in [0.2, 0.25) is 0 Å². The van der Waals surface area contributed by atoms with E-state index in [2.05, 4.69) is 10.00 Å². The third kappa shape index (κ3) is 2.41. The smallest absolute Gasteiger partial charge is 0.155 e. The van der Waals surface area contributed by atoms with Crippen LogP contribution in [0.25, 0.3) is 0 Å². The number of nitrogens with zero attached hydrogens (tertiary/aromatic N) is 3. The molecular weight excluding hydrogens is 206 g/mol. The van der Waals surface area contributed by atoms with Gasteiger partial charge < -0.3 is 10.0 Å². The van der Waals surface area contributed by atoms with E-state index < -0.39 is 0 Å². The second-order valence-electron chi connectivity index (χ2n) is 3.72. The summed E-state index contributed by atoms with van der Waals surface area (Å²) in [7, 11) is 1.83. The van der Waals surface area contributed by atoms with Gasteiger partial charge >= 0.3 is 0 Å². The van der Waals surface area contributed by atoms with Crippen molar-refractivity contribution < 1.29 is 9.90 Å². The van der Waals surface area contributed by atoms with Gasteiger partial charge in [0.25, 0.3) is 0 Å². The minimum Gasteiger partial charge on any atom is -0.396 e. The minimum absolute atomic E-state index is 0.157. The molecule has 0 saturated heterocycles. The van der Waals surface area contributed by atoms with Crippen LogP contribution in [0.3, 0.4) is 0 Å². The molecule has 1 N–H and O–H groups in total. The van der Waals surface area contributed by atoms with Crippen molar-refractivity contribution in [2.24, 2.45) is 7.05 Å². The standard InChI is InChI=1S/C11H19N3O2/c1-4-14(6-5-7-15)11-10(8-16)9(2)12-13(11)3/h8,15H,4-7H2,1-3H3. The second kappa shape index (κ2) is 5.65. The van der Waals surface area contributed by atoms with Crippen molar-refractivity contribution in [1.82, 2.24) is 9.78 Å². The average molecular weight is 225 g/mol. The molecule has 5 heteroatoms. The molecule has 1 heterocycles. The number of aromatic nitrogens is 2. The van der Waals surface area contributed by atoms with E-state index in [0.717, 1.165) is 30.9 Å². The Morgan fingerprint density at radius 1 is 1.56 bits per heavy atom. The molecule has 0 aromatic carbocycles. The fourth-order valence-corrected chi connectivity index (χ4v) is 1.85. The third-order valence-corrected chi connectivity index (χ3v) is 2.62. The van der Waals surface area contributed by atoms with Gasteiger partial charge in [0.05, 0.1) is 11.3 Å². The minimum atomic E-state index is 0.157. The topological polar surface area (TPSA) is 58.4 Å².